The van der Waals surface area contributed by atoms with Crippen LogP contribution in [-0.2, 0) is 5.41 Å². The van der Waals surface area contributed by atoms with E-state index in [9.17, 15) is 4.79 Å². The number of hydrogen-bond acceptors (Lipinski definition) is 6. The molecule has 0 unspecified atom stereocenters. The summed E-state index contributed by atoms with van der Waals surface area (Å²) in [5.74, 6) is 2.93. The summed E-state index contributed by atoms with van der Waals surface area (Å²) in [6.07, 6.45) is 0. The molecule has 0 atom stereocenters. The Morgan fingerprint density at radius 1 is 0.842 bits per heavy atom. The van der Waals surface area contributed by atoms with E-state index in [1.807, 2.05) is 62.4 Å². The second-order valence-electron chi connectivity index (χ2n) is 10.2. The van der Waals surface area contributed by atoms with Crippen molar-refractivity contribution in [2.75, 3.05) is 39.3 Å². The number of benzene rings is 3. The molecule has 0 heterocycles. The van der Waals surface area contributed by atoms with Gasteiger partial charge in [0.25, 0.3) is 0 Å². The van der Waals surface area contributed by atoms with Gasteiger partial charge in [-0.25, -0.2) is 0 Å². The Balaban J connectivity index is 2.01. The molecule has 3 rings (SSSR count). The molecule has 0 aliphatic carbocycles. The predicted octanol–water partition coefficient (Wildman–Crippen LogP) is 7.25. The summed E-state index contributed by atoms with van der Waals surface area (Å²) in [7, 11) is 3.29. The maximum Gasteiger partial charge on any atom is 0.195 e. The Labute approximate surface area is 227 Å². The van der Waals surface area contributed by atoms with Gasteiger partial charge in [-0.1, -0.05) is 52.0 Å². The number of ketones is 1. The molecule has 0 spiro atoms. The molecule has 6 nitrogen and oxygen atoms in total. The van der Waals surface area contributed by atoms with Crippen molar-refractivity contribution in [3.05, 3.63) is 76.9 Å². The number of methoxy groups -OCH3 is 2. The lowest BCUT2D eigenvalue weighted by Crippen LogP contribution is -2.28. The molecule has 1 N–H and O–H groups in total. The molecule has 0 aromatic heterocycles. The highest BCUT2D eigenvalue weighted by Crippen LogP contribution is 2.37. The van der Waals surface area contributed by atoms with Gasteiger partial charge in [-0.15, -0.1) is 0 Å². The topological polar surface area (TPSA) is 66.0 Å². The van der Waals surface area contributed by atoms with Gasteiger partial charge >= 0.3 is 0 Å². The fourth-order valence-electron chi connectivity index (χ4n) is 4.22. The molecule has 6 heteroatoms. The van der Waals surface area contributed by atoms with Gasteiger partial charge in [0, 0.05) is 40.9 Å². The molecule has 0 bridgehead atoms. The summed E-state index contributed by atoms with van der Waals surface area (Å²) in [6, 6.07) is 17.4. The third kappa shape index (κ3) is 6.80. The van der Waals surface area contributed by atoms with Gasteiger partial charge in [0.1, 0.15) is 11.5 Å². The molecule has 0 saturated carbocycles. The van der Waals surface area contributed by atoms with Crippen LogP contribution in [0.3, 0.4) is 0 Å². The van der Waals surface area contributed by atoms with Crippen LogP contribution in [-0.4, -0.2) is 39.8 Å². The van der Waals surface area contributed by atoms with E-state index >= 15 is 0 Å². The molecule has 3 aromatic carbocycles. The van der Waals surface area contributed by atoms with Crippen LogP contribution in [0.4, 0.5) is 5.69 Å². The van der Waals surface area contributed by atoms with Crippen LogP contribution in [0.15, 0.2) is 54.6 Å². The second-order valence-corrected chi connectivity index (χ2v) is 10.2. The SMILES string of the molecule is CCOc1cc(NCC(C)(C)c2cc(OC)cc(OC)c2)c(C(=O)c2ccc(C(C)C)cc2)cc1OCC. The number of carbonyl (C=O) groups excluding carboxylic acids is 1. The zero-order chi connectivity index (χ0) is 27.9. The van der Waals surface area contributed by atoms with Crippen molar-refractivity contribution in [1.82, 2.24) is 0 Å². The normalized spacial score (nSPS) is 11.3. The third-order valence-corrected chi connectivity index (χ3v) is 6.62. The first-order valence-electron chi connectivity index (χ1n) is 13.2. The molecular formula is C32H41NO5. The van der Waals surface area contributed by atoms with Crippen molar-refractivity contribution in [2.24, 2.45) is 0 Å². The summed E-state index contributed by atoms with van der Waals surface area (Å²) >= 11 is 0. The maximum absolute atomic E-state index is 13.8. The van der Waals surface area contributed by atoms with E-state index in [4.69, 9.17) is 18.9 Å². The van der Waals surface area contributed by atoms with Crippen LogP contribution in [0.5, 0.6) is 23.0 Å². The summed E-state index contributed by atoms with van der Waals surface area (Å²) in [5, 5.41) is 3.54. The van der Waals surface area contributed by atoms with Crippen molar-refractivity contribution < 1.29 is 23.7 Å². The highest BCUT2D eigenvalue weighted by Gasteiger charge is 2.25. The summed E-state index contributed by atoms with van der Waals surface area (Å²) in [6.45, 7) is 13.9. The Morgan fingerprint density at radius 2 is 1.39 bits per heavy atom. The molecule has 0 amide bonds. The van der Waals surface area contributed by atoms with E-state index in [2.05, 4.69) is 33.0 Å². The minimum atomic E-state index is -0.314. The van der Waals surface area contributed by atoms with Crippen LogP contribution in [0, 0.1) is 0 Å². The third-order valence-electron chi connectivity index (χ3n) is 6.62. The van der Waals surface area contributed by atoms with Gasteiger partial charge in [0.2, 0.25) is 0 Å². The molecule has 0 aliphatic rings. The van der Waals surface area contributed by atoms with Gasteiger partial charge in [0.15, 0.2) is 17.3 Å². The van der Waals surface area contributed by atoms with Crippen LogP contribution in [0.25, 0.3) is 0 Å². The van der Waals surface area contributed by atoms with E-state index in [1.165, 1.54) is 5.56 Å². The van der Waals surface area contributed by atoms with Gasteiger partial charge in [-0.2, -0.15) is 0 Å². The second kappa shape index (κ2) is 12.7. The van der Waals surface area contributed by atoms with Crippen LogP contribution >= 0.6 is 0 Å². The van der Waals surface area contributed by atoms with Crippen molar-refractivity contribution in [2.45, 2.75) is 52.9 Å². The van der Waals surface area contributed by atoms with Gasteiger partial charge < -0.3 is 24.3 Å². The van der Waals surface area contributed by atoms with E-state index in [0.717, 1.165) is 17.1 Å². The molecule has 0 aliphatic heterocycles. The quantitative estimate of drug-likeness (QED) is 0.240. The standard InChI is InChI=1S/C32H41NO5/c1-9-37-29-18-27(31(34)23-13-11-22(12-14-23)21(3)4)28(19-30(29)38-10-2)33-20-32(5,6)24-15-25(35-7)17-26(16-24)36-8/h11-19,21,33H,9-10,20H2,1-8H3. The van der Waals surface area contributed by atoms with Crippen LogP contribution in [0.1, 0.15) is 74.5 Å². The van der Waals surface area contributed by atoms with Crippen molar-refractivity contribution >= 4 is 11.5 Å². The van der Waals surface area contributed by atoms with E-state index in [0.29, 0.717) is 54.0 Å². The smallest absolute Gasteiger partial charge is 0.195 e. The Morgan fingerprint density at radius 3 is 1.89 bits per heavy atom. The summed E-state index contributed by atoms with van der Waals surface area (Å²) < 4.78 is 22.7. The molecule has 204 valence electrons. The zero-order valence-electron chi connectivity index (χ0n) is 23.9. The number of anilines is 1. The molecule has 0 fully saturated rings. The number of hydrogen-bond donors (Lipinski definition) is 1. The fourth-order valence-corrected chi connectivity index (χ4v) is 4.22. The predicted molar refractivity (Wildman–Crippen MR) is 154 cm³/mol. The van der Waals surface area contributed by atoms with E-state index in [1.54, 1.807) is 20.3 Å². The Bertz CT molecular complexity index is 1210. The van der Waals surface area contributed by atoms with Crippen molar-refractivity contribution in [3.63, 3.8) is 0 Å². The van der Waals surface area contributed by atoms with Crippen LogP contribution < -0.4 is 24.3 Å². The first kappa shape index (κ1) is 28.9. The number of ether oxygens (including phenoxy) is 4. The maximum atomic E-state index is 13.8. The Hall–Kier alpha value is -3.67. The fraction of sp³-hybridized carbons (Fsp3) is 0.406. The van der Waals surface area contributed by atoms with E-state index < -0.39 is 0 Å². The minimum Gasteiger partial charge on any atom is -0.497 e. The molecule has 38 heavy (non-hydrogen) atoms. The first-order valence-corrected chi connectivity index (χ1v) is 13.2. The molecular weight excluding hydrogens is 478 g/mol. The molecule has 0 saturated heterocycles. The monoisotopic (exact) mass is 519 g/mol. The lowest BCUT2D eigenvalue weighted by molar-refractivity contribution is 0.103. The molecule has 3 aromatic rings. The lowest BCUT2D eigenvalue weighted by atomic mass is 9.84. The highest BCUT2D eigenvalue weighted by atomic mass is 16.5. The molecule has 0 radical (unpaired) electrons. The van der Waals surface area contributed by atoms with Gasteiger partial charge in [0.05, 0.1) is 27.4 Å². The largest absolute Gasteiger partial charge is 0.497 e. The lowest BCUT2D eigenvalue weighted by Gasteiger charge is -2.28. The zero-order valence-corrected chi connectivity index (χ0v) is 23.9. The summed E-state index contributed by atoms with van der Waals surface area (Å²) in [5.41, 5.74) is 3.78. The van der Waals surface area contributed by atoms with Crippen molar-refractivity contribution in [3.8, 4) is 23.0 Å². The van der Waals surface area contributed by atoms with Gasteiger partial charge in [-0.3, -0.25) is 4.79 Å². The number of rotatable bonds is 13. The van der Waals surface area contributed by atoms with Crippen LogP contribution in [0.2, 0.25) is 0 Å². The minimum absolute atomic E-state index is 0.0762. The summed E-state index contributed by atoms with van der Waals surface area (Å²) in [4.78, 5) is 13.8. The average Bonchev–Trinajstić information content (AvgIpc) is 2.92. The Kier molecular flexibility index (Phi) is 9.67. The van der Waals surface area contributed by atoms with E-state index in [-0.39, 0.29) is 11.2 Å². The van der Waals surface area contributed by atoms with Crippen molar-refractivity contribution in [1.29, 1.82) is 0 Å². The number of nitrogens with one attached hydrogen (secondary N) is 1. The highest BCUT2D eigenvalue weighted by molar-refractivity contribution is 6.12. The van der Waals surface area contributed by atoms with Gasteiger partial charge in [-0.05, 0) is 49.1 Å². The average molecular weight is 520 g/mol. The first-order chi connectivity index (χ1) is 18.1. The number of carbonyl (C=O) groups is 1.